The molecule has 0 saturated carbocycles. The van der Waals surface area contributed by atoms with Crippen molar-refractivity contribution in [2.45, 2.75) is 12.8 Å². The lowest BCUT2D eigenvalue weighted by molar-refractivity contribution is -0.127. The molecular formula is C15H18ClNO3. The third-order valence-electron chi connectivity index (χ3n) is 3.79. The molecule has 2 aliphatic heterocycles. The molecule has 1 atom stereocenters. The number of benzene rings is 1. The number of ether oxygens (including phenoxy) is 2. The van der Waals surface area contributed by atoms with Crippen LogP contribution >= 0.6 is 11.6 Å². The summed E-state index contributed by atoms with van der Waals surface area (Å²) in [7, 11) is 0. The highest BCUT2D eigenvalue weighted by Crippen LogP contribution is 2.31. The number of likely N-dealkylation sites (tertiary alicyclic amines) is 1. The van der Waals surface area contributed by atoms with E-state index in [-0.39, 0.29) is 5.91 Å². The summed E-state index contributed by atoms with van der Waals surface area (Å²) in [5.41, 5.74) is 1.16. The van der Waals surface area contributed by atoms with Crippen molar-refractivity contribution >= 4 is 17.5 Å². The number of fused-ring (bicyclic) bond motifs is 1. The first-order valence-corrected chi connectivity index (χ1v) is 7.52. The van der Waals surface area contributed by atoms with Gasteiger partial charge in [0.2, 0.25) is 5.91 Å². The molecule has 0 aromatic heterocycles. The first-order valence-electron chi connectivity index (χ1n) is 6.98. The van der Waals surface area contributed by atoms with Crippen LogP contribution in [0.25, 0.3) is 0 Å². The van der Waals surface area contributed by atoms with Crippen molar-refractivity contribution in [2.75, 3.05) is 32.2 Å². The Morgan fingerprint density at radius 1 is 1.25 bits per heavy atom. The average molecular weight is 296 g/mol. The second-order valence-corrected chi connectivity index (χ2v) is 5.60. The Morgan fingerprint density at radius 2 is 2.05 bits per heavy atom. The number of alkyl halides is 1. The molecule has 0 aliphatic carbocycles. The van der Waals surface area contributed by atoms with Crippen molar-refractivity contribution in [1.29, 1.82) is 0 Å². The molecule has 1 amide bonds. The van der Waals surface area contributed by atoms with E-state index in [0.29, 0.717) is 31.4 Å². The van der Waals surface area contributed by atoms with E-state index in [1.165, 1.54) is 0 Å². The number of carbonyl (C=O) groups excluding carboxylic acids is 1. The molecule has 0 bridgehead atoms. The lowest BCUT2D eigenvalue weighted by Crippen LogP contribution is -2.27. The number of hydrogen-bond donors (Lipinski definition) is 0. The maximum atomic E-state index is 11.8. The van der Waals surface area contributed by atoms with E-state index >= 15 is 0 Å². The van der Waals surface area contributed by atoms with Crippen LogP contribution in [0.5, 0.6) is 11.5 Å². The molecule has 108 valence electrons. The maximum Gasteiger partial charge on any atom is 0.222 e. The van der Waals surface area contributed by atoms with Gasteiger partial charge in [0.05, 0.1) is 0 Å². The third-order valence-corrected chi connectivity index (χ3v) is 4.23. The van der Waals surface area contributed by atoms with Gasteiger partial charge in [-0.25, -0.2) is 0 Å². The van der Waals surface area contributed by atoms with E-state index in [1.54, 1.807) is 0 Å². The van der Waals surface area contributed by atoms with Crippen LogP contribution in [0.4, 0.5) is 0 Å². The van der Waals surface area contributed by atoms with Gasteiger partial charge in [0.15, 0.2) is 11.5 Å². The van der Waals surface area contributed by atoms with Crippen LogP contribution in [0.1, 0.15) is 12.0 Å². The van der Waals surface area contributed by atoms with Crippen LogP contribution in [-0.2, 0) is 11.2 Å². The number of rotatable bonds is 4. The van der Waals surface area contributed by atoms with Crippen LogP contribution in [0.15, 0.2) is 18.2 Å². The van der Waals surface area contributed by atoms with Gasteiger partial charge in [0, 0.05) is 25.4 Å². The summed E-state index contributed by atoms with van der Waals surface area (Å²) in [6.45, 7) is 2.73. The van der Waals surface area contributed by atoms with Gasteiger partial charge in [-0.05, 0) is 30.0 Å². The highest BCUT2D eigenvalue weighted by atomic mass is 35.5. The highest BCUT2D eigenvalue weighted by molar-refractivity contribution is 6.18. The quantitative estimate of drug-likeness (QED) is 0.799. The van der Waals surface area contributed by atoms with Crippen LogP contribution in [0.3, 0.4) is 0 Å². The minimum absolute atomic E-state index is 0.216. The van der Waals surface area contributed by atoms with Gasteiger partial charge in [-0.15, -0.1) is 11.6 Å². The maximum absolute atomic E-state index is 11.8. The summed E-state index contributed by atoms with van der Waals surface area (Å²) in [5.74, 6) is 2.70. The third kappa shape index (κ3) is 2.85. The van der Waals surface area contributed by atoms with Gasteiger partial charge >= 0.3 is 0 Å². The molecule has 1 aromatic carbocycles. The average Bonchev–Trinajstić information content (AvgIpc) is 2.85. The first-order chi connectivity index (χ1) is 9.76. The first kappa shape index (κ1) is 13.6. The Morgan fingerprint density at radius 3 is 2.80 bits per heavy atom. The summed E-state index contributed by atoms with van der Waals surface area (Å²) < 4.78 is 11.1. The summed E-state index contributed by atoms with van der Waals surface area (Å²) >= 11 is 5.83. The van der Waals surface area contributed by atoms with Gasteiger partial charge < -0.3 is 14.4 Å². The van der Waals surface area contributed by atoms with Gasteiger partial charge in [0.25, 0.3) is 0 Å². The fourth-order valence-electron chi connectivity index (χ4n) is 2.68. The molecule has 5 heteroatoms. The van der Waals surface area contributed by atoms with E-state index in [2.05, 4.69) is 0 Å². The monoisotopic (exact) mass is 295 g/mol. The second kappa shape index (κ2) is 5.92. The molecule has 4 nitrogen and oxygen atoms in total. The van der Waals surface area contributed by atoms with Crippen LogP contribution < -0.4 is 9.47 Å². The largest absolute Gasteiger partial charge is 0.486 e. The molecule has 0 N–H and O–H groups in total. The number of nitrogens with zero attached hydrogens (tertiary/aromatic N) is 1. The van der Waals surface area contributed by atoms with E-state index in [4.69, 9.17) is 21.1 Å². The Kier molecular flexibility index (Phi) is 4.01. The van der Waals surface area contributed by atoms with Crippen LogP contribution in [-0.4, -0.2) is 43.0 Å². The van der Waals surface area contributed by atoms with E-state index in [9.17, 15) is 4.79 Å². The summed E-state index contributed by atoms with van der Waals surface area (Å²) in [4.78, 5) is 13.7. The lowest BCUT2D eigenvalue weighted by atomic mass is 10.1. The molecule has 1 saturated heterocycles. The van der Waals surface area contributed by atoms with Crippen LogP contribution in [0, 0.1) is 5.92 Å². The van der Waals surface area contributed by atoms with Crippen molar-refractivity contribution in [3.8, 4) is 11.5 Å². The van der Waals surface area contributed by atoms with Crippen molar-refractivity contribution in [3.05, 3.63) is 23.8 Å². The summed E-state index contributed by atoms with van der Waals surface area (Å²) in [6, 6.07) is 5.98. The molecule has 0 radical (unpaired) electrons. The molecule has 20 heavy (non-hydrogen) atoms. The predicted octanol–water partition coefficient (Wildman–Crippen LogP) is 2.09. The standard InChI is InChI=1S/C15H18ClNO3/c16-9-12-8-15(18)17(10-12)4-3-11-1-2-13-14(7-11)20-6-5-19-13/h1-2,7,12H,3-6,8-10H2. The molecule has 2 heterocycles. The Labute approximate surface area is 123 Å². The number of carbonyl (C=O) groups is 1. The number of hydrogen-bond acceptors (Lipinski definition) is 3. The Hall–Kier alpha value is -1.42. The van der Waals surface area contributed by atoms with Gasteiger partial charge in [-0.3, -0.25) is 4.79 Å². The Balaban J connectivity index is 1.60. The van der Waals surface area contributed by atoms with Crippen molar-refractivity contribution in [3.63, 3.8) is 0 Å². The SMILES string of the molecule is O=C1CC(CCl)CN1CCc1ccc2c(c1)OCCO2. The van der Waals surface area contributed by atoms with Crippen molar-refractivity contribution in [1.82, 2.24) is 4.90 Å². The van der Waals surface area contributed by atoms with E-state index in [1.807, 2.05) is 23.1 Å². The number of halogens is 1. The fraction of sp³-hybridized carbons (Fsp3) is 0.533. The molecule has 3 rings (SSSR count). The predicted molar refractivity (Wildman–Crippen MR) is 76.5 cm³/mol. The number of amides is 1. The normalized spacial score (nSPS) is 21.4. The minimum Gasteiger partial charge on any atom is -0.486 e. The molecular weight excluding hydrogens is 278 g/mol. The summed E-state index contributed by atoms with van der Waals surface area (Å²) in [6.07, 6.45) is 1.42. The molecule has 0 spiro atoms. The molecule has 1 aromatic rings. The van der Waals surface area contributed by atoms with Crippen molar-refractivity contribution < 1.29 is 14.3 Å². The highest BCUT2D eigenvalue weighted by Gasteiger charge is 2.28. The fourth-order valence-corrected chi connectivity index (χ4v) is 2.89. The zero-order chi connectivity index (χ0) is 13.9. The summed E-state index contributed by atoms with van der Waals surface area (Å²) in [5, 5.41) is 0. The molecule has 2 aliphatic rings. The van der Waals surface area contributed by atoms with Crippen molar-refractivity contribution in [2.24, 2.45) is 5.92 Å². The smallest absolute Gasteiger partial charge is 0.222 e. The Bertz CT molecular complexity index is 506. The van der Waals surface area contributed by atoms with Gasteiger partial charge in [0.1, 0.15) is 13.2 Å². The van der Waals surface area contributed by atoms with Crippen LogP contribution in [0.2, 0.25) is 0 Å². The molecule has 1 fully saturated rings. The topological polar surface area (TPSA) is 38.8 Å². The minimum atomic E-state index is 0.216. The second-order valence-electron chi connectivity index (χ2n) is 5.29. The lowest BCUT2D eigenvalue weighted by Gasteiger charge is -2.20. The van der Waals surface area contributed by atoms with Gasteiger partial charge in [-0.1, -0.05) is 6.07 Å². The zero-order valence-electron chi connectivity index (χ0n) is 11.3. The van der Waals surface area contributed by atoms with E-state index in [0.717, 1.165) is 36.6 Å². The van der Waals surface area contributed by atoms with E-state index < -0.39 is 0 Å². The van der Waals surface area contributed by atoms with Gasteiger partial charge in [-0.2, -0.15) is 0 Å². The zero-order valence-corrected chi connectivity index (χ0v) is 12.1. The molecule has 1 unspecified atom stereocenters.